The molecular weight excluding hydrogens is 336 g/mol. The Bertz CT molecular complexity index is 747. The second-order valence-electron chi connectivity index (χ2n) is 6.45. The molecule has 1 aliphatic rings. The fourth-order valence-electron chi connectivity index (χ4n) is 3.35. The summed E-state index contributed by atoms with van der Waals surface area (Å²) < 4.78 is 0. The Morgan fingerprint density at radius 3 is 1.70 bits per heavy atom. The van der Waals surface area contributed by atoms with Crippen LogP contribution in [0.1, 0.15) is 33.3 Å². The van der Waals surface area contributed by atoms with Crippen LogP contribution in [0.5, 0.6) is 0 Å². The Balaban J connectivity index is 1.66. The number of benzene rings is 2. The lowest BCUT2D eigenvalue weighted by atomic mass is 10.1. The zero-order chi connectivity index (χ0) is 19.2. The van der Waals surface area contributed by atoms with Gasteiger partial charge in [-0.1, -0.05) is 12.1 Å². The first-order valence-corrected chi connectivity index (χ1v) is 9.84. The summed E-state index contributed by atoms with van der Waals surface area (Å²) in [7, 11) is 0. The monoisotopic (exact) mass is 366 g/mol. The smallest absolute Gasteiger partial charge is 0.147 e. The van der Waals surface area contributed by atoms with Crippen LogP contribution < -0.4 is 20.4 Å². The van der Waals surface area contributed by atoms with Gasteiger partial charge in [-0.15, -0.1) is 5.17 Å². The summed E-state index contributed by atoms with van der Waals surface area (Å²) in [6.45, 7) is 12.7. The maximum absolute atomic E-state index is 5.72. The highest BCUT2D eigenvalue weighted by Crippen LogP contribution is 2.26. The zero-order valence-electron chi connectivity index (χ0n) is 16.8. The van der Waals surface area contributed by atoms with Crippen LogP contribution in [0.2, 0.25) is 0 Å². The highest BCUT2D eigenvalue weighted by molar-refractivity contribution is 5.69. The number of hydrogen-bond acceptors (Lipinski definition) is 5. The normalized spacial score (nSPS) is 13.0. The maximum Gasteiger partial charge on any atom is 0.147 e. The van der Waals surface area contributed by atoms with E-state index in [1.165, 1.54) is 11.4 Å². The van der Waals surface area contributed by atoms with Crippen molar-refractivity contribution in [3.63, 3.8) is 0 Å². The van der Waals surface area contributed by atoms with E-state index in [-0.39, 0.29) is 0 Å². The quantitative estimate of drug-likeness (QED) is 0.736. The minimum Gasteiger partial charge on any atom is -0.372 e. The summed E-state index contributed by atoms with van der Waals surface area (Å²) in [5.41, 5.74) is 8.82. The van der Waals surface area contributed by atoms with Gasteiger partial charge in [0.25, 0.3) is 0 Å². The highest BCUT2D eigenvalue weighted by atomic mass is 16.7. The third kappa shape index (κ3) is 4.13. The van der Waals surface area contributed by atoms with E-state index in [2.05, 4.69) is 91.5 Å². The van der Waals surface area contributed by atoms with Crippen LogP contribution >= 0.6 is 0 Å². The van der Waals surface area contributed by atoms with Crippen molar-refractivity contribution < 1.29 is 4.84 Å². The number of nitrogens with one attached hydrogen (secondary N) is 1. The molecule has 144 valence electrons. The van der Waals surface area contributed by atoms with Gasteiger partial charge in [0, 0.05) is 43.1 Å². The van der Waals surface area contributed by atoms with Crippen molar-refractivity contribution >= 4 is 22.8 Å². The Morgan fingerprint density at radius 2 is 1.22 bits per heavy atom. The predicted octanol–water partition coefficient (Wildman–Crippen LogP) is 4.63. The summed E-state index contributed by atoms with van der Waals surface area (Å²) in [4.78, 5) is 10.4. The molecule has 0 amide bonds. The van der Waals surface area contributed by atoms with E-state index >= 15 is 0 Å². The Morgan fingerprint density at radius 1 is 0.741 bits per heavy atom. The van der Waals surface area contributed by atoms with Crippen LogP contribution in [0.3, 0.4) is 0 Å². The summed E-state index contributed by atoms with van der Waals surface area (Å²) in [6, 6.07) is 17.0. The summed E-state index contributed by atoms with van der Waals surface area (Å²) >= 11 is 0. The molecular formula is C22H30N4O. The fraction of sp³-hybridized carbons (Fsp3) is 0.364. The minimum atomic E-state index is 0.953. The molecule has 1 heterocycles. The lowest BCUT2D eigenvalue weighted by Gasteiger charge is -2.23. The number of nitrogens with zero attached hydrogens (tertiary/aromatic N) is 3. The molecule has 27 heavy (non-hydrogen) atoms. The second kappa shape index (κ2) is 8.71. The first kappa shape index (κ1) is 19.0. The standard InChI is InChI=1S/C22H30N4O/c1-5-24(6-2)19-11-9-18(10-12-19)22-17-27-26(23-22)21-15-13-20(14-16-21)25(7-3)8-4/h9-17,23H,5-8H2,1-4H3. The molecule has 0 aromatic heterocycles. The first-order chi connectivity index (χ1) is 13.2. The predicted molar refractivity (Wildman–Crippen MR) is 115 cm³/mol. The molecule has 0 radical (unpaired) electrons. The van der Waals surface area contributed by atoms with Crippen LogP contribution in [0.4, 0.5) is 17.1 Å². The number of rotatable bonds is 8. The van der Waals surface area contributed by atoms with Crippen molar-refractivity contribution in [1.29, 1.82) is 0 Å². The van der Waals surface area contributed by atoms with Crippen LogP contribution in [-0.2, 0) is 4.84 Å². The van der Waals surface area contributed by atoms with Crippen LogP contribution in [0.15, 0.2) is 54.8 Å². The molecule has 1 N–H and O–H groups in total. The van der Waals surface area contributed by atoms with E-state index in [0.29, 0.717) is 0 Å². The van der Waals surface area contributed by atoms with Crippen molar-refractivity contribution in [3.8, 4) is 0 Å². The molecule has 3 rings (SSSR count). The van der Waals surface area contributed by atoms with E-state index in [1.807, 2.05) is 0 Å². The molecule has 2 aromatic rings. The van der Waals surface area contributed by atoms with Gasteiger partial charge in [0.1, 0.15) is 12.0 Å². The van der Waals surface area contributed by atoms with E-state index in [9.17, 15) is 0 Å². The van der Waals surface area contributed by atoms with Gasteiger partial charge < -0.3 is 14.6 Å². The maximum atomic E-state index is 5.72. The van der Waals surface area contributed by atoms with Gasteiger partial charge in [-0.25, -0.2) is 0 Å². The number of hydrogen-bond donors (Lipinski definition) is 1. The van der Waals surface area contributed by atoms with Crippen molar-refractivity contribution in [2.45, 2.75) is 27.7 Å². The molecule has 1 aliphatic heterocycles. The van der Waals surface area contributed by atoms with Crippen LogP contribution in [0, 0.1) is 0 Å². The summed E-state index contributed by atoms with van der Waals surface area (Å²) in [5.74, 6) is 0. The third-order valence-corrected chi connectivity index (χ3v) is 5.02. The van der Waals surface area contributed by atoms with Gasteiger partial charge >= 0.3 is 0 Å². The van der Waals surface area contributed by atoms with E-state index in [0.717, 1.165) is 43.1 Å². The number of hydrazine groups is 1. The van der Waals surface area contributed by atoms with Crippen molar-refractivity contribution in [3.05, 3.63) is 60.4 Å². The molecule has 2 aromatic carbocycles. The van der Waals surface area contributed by atoms with Crippen LogP contribution in [-0.4, -0.2) is 26.2 Å². The van der Waals surface area contributed by atoms with Gasteiger partial charge in [-0.05, 0) is 64.1 Å². The average molecular weight is 367 g/mol. The molecule has 0 atom stereocenters. The third-order valence-electron chi connectivity index (χ3n) is 5.02. The molecule has 0 spiro atoms. The molecule has 0 aliphatic carbocycles. The summed E-state index contributed by atoms with van der Waals surface area (Å²) in [6.07, 6.45) is 1.75. The van der Waals surface area contributed by atoms with E-state index < -0.39 is 0 Å². The Kier molecular flexibility index (Phi) is 6.12. The van der Waals surface area contributed by atoms with Gasteiger partial charge in [0.05, 0.1) is 5.69 Å². The molecule has 0 saturated carbocycles. The Hall–Kier alpha value is -2.82. The summed E-state index contributed by atoms with van der Waals surface area (Å²) in [5, 5.41) is 1.69. The number of anilines is 3. The molecule has 0 bridgehead atoms. The van der Waals surface area contributed by atoms with Crippen LogP contribution in [0.25, 0.3) is 5.70 Å². The van der Waals surface area contributed by atoms with E-state index in [4.69, 9.17) is 4.84 Å². The lowest BCUT2D eigenvalue weighted by Crippen LogP contribution is -2.30. The van der Waals surface area contributed by atoms with Gasteiger partial charge in [0.15, 0.2) is 0 Å². The zero-order valence-corrected chi connectivity index (χ0v) is 16.8. The molecule has 0 saturated heterocycles. The largest absolute Gasteiger partial charge is 0.372 e. The molecule has 0 unspecified atom stereocenters. The average Bonchev–Trinajstić information content (AvgIpc) is 3.21. The van der Waals surface area contributed by atoms with Gasteiger partial charge in [-0.3, -0.25) is 5.43 Å². The van der Waals surface area contributed by atoms with E-state index in [1.54, 1.807) is 11.4 Å². The second-order valence-corrected chi connectivity index (χ2v) is 6.45. The van der Waals surface area contributed by atoms with Crippen molar-refractivity contribution in [2.24, 2.45) is 0 Å². The lowest BCUT2D eigenvalue weighted by molar-refractivity contribution is 0.222. The minimum absolute atomic E-state index is 0.953. The van der Waals surface area contributed by atoms with Crippen molar-refractivity contribution in [1.82, 2.24) is 5.43 Å². The SMILES string of the molecule is CCN(CC)c1ccc(C2=CON(c3ccc(N(CC)CC)cc3)N2)cc1. The molecule has 5 heteroatoms. The topological polar surface area (TPSA) is 31.0 Å². The molecule has 5 nitrogen and oxygen atoms in total. The fourth-order valence-corrected chi connectivity index (χ4v) is 3.35. The highest BCUT2D eigenvalue weighted by Gasteiger charge is 2.17. The van der Waals surface area contributed by atoms with Gasteiger partial charge in [0.2, 0.25) is 0 Å². The van der Waals surface area contributed by atoms with Gasteiger partial charge in [-0.2, -0.15) is 0 Å². The Labute approximate surface area is 162 Å². The van der Waals surface area contributed by atoms with Crippen molar-refractivity contribution in [2.75, 3.05) is 41.2 Å². The first-order valence-electron chi connectivity index (χ1n) is 9.84. The molecule has 0 fully saturated rings.